The normalized spacial score (nSPS) is 17.0. The number of fused-ring (bicyclic) bond motifs is 4. The van der Waals surface area contributed by atoms with E-state index in [0.29, 0.717) is 0 Å². The third-order valence-electron chi connectivity index (χ3n) is 16.0. The molecule has 0 N–H and O–H groups in total. The van der Waals surface area contributed by atoms with Crippen molar-refractivity contribution in [3.63, 3.8) is 0 Å². The van der Waals surface area contributed by atoms with Gasteiger partial charge in [-0.1, -0.05) is 202 Å². The van der Waals surface area contributed by atoms with Crippen molar-refractivity contribution in [2.75, 3.05) is 0 Å². The fraction of sp³-hybridized carbons (Fsp3) is 0.457. The van der Waals surface area contributed by atoms with Crippen molar-refractivity contribution in [2.24, 2.45) is 0 Å². The molecule has 8 aromatic rings. The molecule has 4 saturated carbocycles. The van der Waals surface area contributed by atoms with Gasteiger partial charge < -0.3 is 24.8 Å². The molecule has 0 heterocycles. The van der Waals surface area contributed by atoms with Gasteiger partial charge in [0.1, 0.15) is 0 Å². The molecule has 0 saturated heterocycles. The van der Waals surface area contributed by atoms with Crippen molar-refractivity contribution < 1.29 is 73.3 Å². The van der Waals surface area contributed by atoms with E-state index in [0.717, 1.165) is 23.7 Å². The van der Waals surface area contributed by atoms with Crippen LogP contribution in [0.5, 0.6) is 0 Å². The monoisotopic (exact) mass is 1180 g/mol. The van der Waals surface area contributed by atoms with Crippen molar-refractivity contribution >= 4 is 49.5 Å². The molecule has 4 heteroatoms. The van der Waals surface area contributed by atoms with E-state index in [9.17, 15) is 0 Å². The Morgan fingerprint density at radius 2 is 0.459 bits per heavy atom. The van der Waals surface area contributed by atoms with E-state index in [-0.39, 0.29) is 24.8 Å². The fourth-order valence-corrected chi connectivity index (χ4v) is 12.5. The fourth-order valence-electron chi connectivity index (χ4n) is 12.5. The van der Waals surface area contributed by atoms with Crippen molar-refractivity contribution in [3.05, 3.63) is 168 Å². The van der Waals surface area contributed by atoms with Crippen LogP contribution in [0.2, 0.25) is 0 Å². The largest absolute Gasteiger partial charge is 1.00 e. The molecule has 0 spiro atoms. The van der Waals surface area contributed by atoms with E-state index in [2.05, 4.69) is 173 Å². The predicted molar refractivity (Wildman–Crippen MR) is 313 cm³/mol. The van der Waals surface area contributed by atoms with E-state index in [1.165, 1.54) is 204 Å². The van der Waals surface area contributed by atoms with Gasteiger partial charge in [0.15, 0.2) is 0 Å². The van der Waals surface area contributed by atoms with Gasteiger partial charge in [-0.15, -0.1) is 164 Å². The topological polar surface area (TPSA) is 0 Å². The average Bonchev–Trinajstić information content (AvgIpc) is 3.98. The second-order valence-electron chi connectivity index (χ2n) is 22.3. The van der Waals surface area contributed by atoms with Crippen LogP contribution in [0.25, 0.3) is 43.1 Å². The van der Waals surface area contributed by atoms with Gasteiger partial charge in [0.2, 0.25) is 0 Å². The summed E-state index contributed by atoms with van der Waals surface area (Å²) in [4.78, 5) is 0. The van der Waals surface area contributed by atoms with Gasteiger partial charge in [0, 0.05) is 0 Å². The van der Waals surface area contributed by atoms with Crippen LogP contribution in [-0.4, -0.2) is 6.41 Å². The van der Waals surface area contributed by atoms with Crippen LogP contribution in [-0.2, 0) is 48.5 Å². The summed E-state index contributed by atoms with van der Waals surface area (Å²) in [5, 5.41) is 11.7. The molecule has 0 amide bonds. The van der Waals surface area contributed by atoms with Crippen LogP contribution >= 0.6 is 0 Å². The number of rotatable bonds is 4. The average molecular weight is 1180 g/mol. The van der Waals surface area contributed by atoms with Gasteiger partial charge in [-0.2, -0.15) is 22.3 Å². The van der Waals surface area contributed by atoms with E-state index < -0.39 is 0 Å². The van der Waals surface area contributed by atoms with Gasteiger partial charge in [-0.05, 0) is 0 Å². The second-order valence-corrected chi connectivity index (χ2v) is 27.2. The van der Waals surface area contributed by atoms with Crippen LogP contribution in [0, 0.1) is 0 Å². The number of hydrogen-bond acceptors (Lipinski definition) is 0. The first kappa shape index (κ1) is 62.3. The maximum Gasteiger partial charge on any atom is -0.0533 e. The van der Waals surface area contributed by atoms with Crippen LogP contribution < -0.4 is 24.8 Å². The summed E-state index contributed by atoms with van der Waals surface area (Å²) in [6.07, 6.45) is 34.1. The third kappa shape index (κ3) is 19.4. The second kappa shape index (κ2) is 34.3. The first-order valence-corrected chi connectivity index (χ1v) is 31.3. The number of hydrogen-bond donors (Lipinski definition) is 0. The first-order chi connectivity index (χ1) is 35.3. The Morgan fingerprint density at radius 1 is 0.297 bits per heavy atom. The molecule has 0 nitrogen and oxygen atoms in total. The molecule has 0 radical (unpaired) electrons. The van der Waals surface area contributed by atoms with Crippen LogP contribution in [0.1, 0.15) is 228 Å². The van der Waals surface area contributed by atoms with Crippen LogP contribution in [0.15, 0.2) is 146 Å². The Kier molecular flexibility index (Phi) is 28.9. The molecule has 4 aliphatic rings. The molecular formula is C70H88Cl2Zr2-2. The summed E-state index contributed by atoms with van der Waals surface area (Å²) >= 11 is 3.11. The molecule has 74 heavy (non-hydrogen) atoms. The zero-order chi connectivity index (χ0) is 50.3. The molecule has 392 valence electrons. The minimum absolute atomic E-state index is 0. The first-order valence-electron chi connectivity index (χ1n) is 28.9. The van der Waals surface area contributed by atoms with Gasteiger partial charge >= 0.3 is 82.6 Å². The molecule has 0 atom stereocenters. The summed E-state index contributed by atoms with van der Waals surface area (Å²) in [6, 6.07) is 53.9. The number of benzene rings is 4. The maximum absolute atomic E-state index is 2.36. The van der Waals surface area contributed by atoms with Gasteiger partial charge in [-0.25, -0.2) is 0 Å². The third-order valence-corrected chi connectivity index (χ3v) is 16.0. The van der Waals surface area contributed by atoms with E-state index in [1.807, 2.05) is 0 Å². The Bertz CT molecular complexity index is 2400. The van der Waals surface area contributed by atoms with Gasteiger partial charge in [0.25, 0.3) is 0 Å². The van der Waals surface area contributed by atoms with Crippen molar-refractivity contribution in [2.45, 2.75) is 205 Å². The number of halogens is 2. The molecule has 12 rings (SSSR count). The molecule has 0 unspecified atom stereocenters. The minimum atomic E-state index is 0. The quantitative estimate of drug-likeness (QED) is 0.122. The maximum atomic E-state index is 2.36. The molecule has 0 aliphatic heterocycles. The molecular weight excluding hydrogens is 1090 g/mol. The molecule has 4 aliphatic carbocycles. The zero-order valence-corrected chi connectivity index (χ0v) is 52.3. The Balaban J connectivity index is 0.000000173. The smallest absolute Gasteiger partial charge is 0.0533 e. The van der Waals surface area contributed by atoms with Crippen molar-refractivity contribution in [3.8, 4) is 0 Å². The van der Waals surface area contributed by atoms with Crippen LogP contribution in [0.4, 0.5) is 0 Å². The summed E-state index contributed by atoms with van der Waals surface area (Å²) in [5.41, 5.74) is 6.44. The Morgan fingerprint density at radius 3 is 0.635 bits per heavy atom. The Hall–Kier alpha value is -2.59. The molecule has 0 aromatic heterocycles. The van der Waals surface area contributed by atoms with Crippen LogP contribution in [0.3, 0.4) is 0 Å². The SMILES string of the molecule is C[C](C)=[Zr+2].C[C](C)=[Zr+2].[Cl-].[Cl-].c1ccc2c(C3CCCCCC3)c[cH-]c2c1.c1ccc2c(C3CCCCCC3)c[cH-]c2c1.c1ccc2c(C3CCCCCC3)c[cH-]c2c1.c1ccc2c(C3CCCCCC3)c[cH-]c2c1. The predicted octanol–water partition coefficient (Wildman–Crippen LogP) is 15.5. The summed E-state index contributed by atoms with van der Waals surface area (Å²) < 4.78 is 3.01. The van der Waals surface area contributed by atoms with Crippen molar-refractivity contribution in [1.82, 2.24) is 0 Å². The zero-order valence-electron chi connectivity index (χ0n) is 45.9. The van der Waals surface area contributed by atoms with E-state index >= 15 is 0 Å². The minimum Gasteiger partial charge on any atom is -1.00 e. The summed E-state index contributed by atoms with van der Waals surface area (Å²) in [5.74, 6) is 3.29. The summed E-state index contributed by atoms with van der Waals surface area (Å²) in [6.45, 7) is 8.49. The molecule has 0 bridgehead atoms. The molecule has 8 aromatic carbocycles. The standard InChI is InChI=1S/4C16H19.2C3H6.2ClH.2Zr/c4*1-2-4-8-13(7-3-1)16-12-11-14-9-5-6-10-15(14)16;2*1-3-2;;;;/h4*5-6,9-13H,1-4,7-8H2;2*1-2H3;2*1H;;/q4*-1;;;;;2*+2/p-2. The van der Waals surface area contributed by atoms with E-state index in [1.54, 1.807) is 70.7 Å². The van der Waals surface area contributed by atoms with Crippen molar-refractivity contribution in [1.29, 1.82) is 0 Å². The van der Waals surface area contributed by atoms with Gasteiger partial charge in [-0.3, -0.25) is 0 Å². The molecule has 4 fully saturated rings. The van der Waals surface area contributed by atoms with Gasteiger partial charge in [0.05, 0.1) is 0 Å². The van der Waals surface area contributed by atoms with E-state index in [4.69, 9.17) is 0 Å². The Labute approximate surface area is 491 Å². The summed E-state index contributed by atoms with van der Waals surface area (Å²) in [7, 11) is 0.